The minimum absolute atomic E-state index is 0.668. The van der Waals surface area contributed by atoms with Gasteiger partial charge in [0.1, 0.15) is 11.5 Å². The molecule has 0 bridgehead atoms. The number of nitrogens with two attached hydrogens (primary N) is 1. The Kier molecular flexibility index (Phi) is 4.26. The standard InChI is InChI=1S/C19H23NO/c1-14-6-7-15(10-11-20)12-19(14)21-18-9-8-16-4-2-3-5-17(16)13-18/h6-9,12-13H,2-5,10-11,20H2,1H3. The summed E-state index contributed by atoms with van der Waals surface area (Å²) in [6.07, 6.45) is 5.88. The summed E-state index contributed by atoms with van der Waals surface area (Å²) in [5.74, 6) is 1.89. The van der Waals surface area contributed by atoms with E-state index in [9.17, 15) is 0 Å². The van der Waals surface area contributed by atoms with Crippen molar-refractivity contribution in [1.82, 2.24) is 0 Å². The Labute approximate surface area is 126 Å². The first-order chi connectivity index (χ1) is 10.3. The van der Waals surface area contributed by atoms with Crippen LogP contribution in [0.2, 0.25) is 0 Å². The van der Waals surface area contributed by atoms with Gasteiger partial charge in [-0.05, 0) is 86.0 Å². The third-order valence-electron chi connectivity index (χ3n) is 4.23. The predicted molar refractivity (Wildman–Crippen MR) is 87.1 cm³/mol. The Morgan fingerprint density at radius 3 is 2.62 bits per heavy atom. The highest BCUT2D eigenvalue weighted by molar-refractivity contribution is 5.43. The van der Waals surface area contributed by atoms with E-state index in [1.54, 1.807) is 0 Å². The van der Waals surface area contributed by atoms with Gasteiger partial charge in [-0.1, -0.05) is 18.2 Å². The van der Waals surface area contributed by atoms with Crippen molar-refractivity contribution in [3.05, 3.63) is 58.7 Å². The summed E-state index contributed by atoms with van der Waals surface area (Å²) in [5.41, 5.74) is 11.0. The monoisotopic (exact) mass is 281 g/mol. The molecule has 110 valence electrons. The molecule has 0 spiro atoms. The van der Waals surface area contributed by atoms with E-state index in [1.165, 1.54) is 42.4 Å². The van der Waals surface area contributed by atoms with E-state index in [0.29, 0.717) is 6.54 Å². The van der Waals surface area contributed by atoms with Crippen molar-refractivity contribution >= 4 is 0 Å². The topological polar surface area (TPSA) is 35.2 Å². The summed E-state index contributed by atoms with van der Waals surface area (Å²) in [6, 6.07) is 12.9. The van der Waals surface area contributed by atoms with Crippen LogP contribution in [-0.2, 0) is 19.3 Å². The highest BCUT2D eigenvalue weighted by atomic mass is 16.5. The van der Waals surface area contributed by atoms with E-state index in [4.69, 9.17) is 10.5 Å². The van der Waals surface area contributed by atoms with E-state index < -0.39 is 0 Å². The zero-order valence-electron chi connectivity index (χ0n) is 12.7. The second kappa shape index (κ2) is 6.31. The molecular formula is C19H23NO. The number of benzene rings is 2. The number of fused-ring (bicyclic) bond motifs is 1. The SMILES string of the molecule is Cc1ccc(CCN)cc1Oc1ccc2c(c1)CCCC2. The Morgan fingerprint density at radius 2 is 1.81 bits per heavy atom. The van der Waals surface area contributed by atoms with Crippen molar-refractivity contribution in [2.24, 2.45) is 5.73 Å². The number of aryl methyl sites for hydroxylation is 3. The fourth-order valence-electron chi connectivity index (χ4n) is 2.98. The second-order valence-electron chi connectivity index (χ2n) is 5.88. The second-order valence-corrected chi connectivity index (χ2v) is 5.88. The molecule has 2 N–H and O–H groups in total. The zero-order valence-corrected chi connectivity index (χ0v) is 12.7. The van der Waals surface area contributed by atoms with Gasteiger partial charge >= 0.3 is 0 Å². The predicted octanol–water partition coefficient (Wildman–Crippen LogP) is 4.17. The lowest BCUT2D eigenvalue weighted by Gasteiger charge is -2.17. The van der Waals surface area contributed by atoms with Crippen LogP contribution in [0, 0.1) is 6.92 Å². The van der Waals surface area contributed by atoms with Crippen LogP contribution in [0.4, 0.5) is 0 Å². The number of hydrogen-bond donors (Lipinski definition) is 1. The molecule has 0 saturated heterocycles. The maximum absolute atomic E-state index is 6.12. The summed E-state index contributed by atoms with van der Waals surface area (Å²) < 4.78 is 6.12. The van der Waals surface area contributed by atoms with Crippen LogP contribution in [0.15, 0.2) is 36.4 Å². The maximum atomic E-state index is 6.12. The first kappa shape index (κ1) is 14.2. The molecule has 0 fully saturated rings. The summed E-state index contributed by atoms with van der Waals surface area (Å²) in [5, 5.41) is 0. The van der Waals surface area contributed by atoms with Crippen LogP contribution in [0.3, 0.4) is 0 Å². The van der Waals surface area contributed by atoms with E-state index in [2.05, 4.69) is 43.3 Å². The fraction of sp³-hybridized carbons (Fsp3) is 0.368. The smallest absolute Gasteiger partial charge is 0.130 e. The minimum atomic E-state index is 0.668. The molecule has 21 heavy (non-hydrogen) atoms. The van der Waals surface area contributed by atoms with E-state index in [0.717, 1.165) is 23.5 Å². The van der Waals surface area contributed by atoms with Gasteiger partial charge in [-0.15, -0.1) is 0 Å². The largest absolute Gasteiger partial charge is 0.457 e. The molecule has 2 heteroatoms. The third-order valence-corrected chi connectivity index (χ3v) is 4.23. The normalized spacial score (nSPS) is 13.8. The average molecular weight is 281 g/mol. The molecule has 0 aliphatic heterocycles. The Balaban J connectivity index is 1.84. The Morgan fingerprint density at radius 1 is 1.00 bits per heavy atom. The van der Waals surface area contributed by atoms with Gasteiger partial charge in [0.05, 0.1) is 0 Å². The van der Waals surface area contributed by atoms with Crippen LogP contribution in [-0.4, -0.2) is 6.54 Å². The number of ether oxygens (including phenoxy) is 1. The first-order valence-electron chi connectivity index (χ1n) is 7.85. The lowest BCUT2D eigenvalue weighted by molar-refractivity contribution is 0.476. The van der Waals surface area contributed by atoms with Gasteiger partial charge in [0.25, 0.3) is 0 Å². The molecule has 2 nitrogen and oxygen atoms in total. The van der Waals surface area contributed by atoms with Crippen molar-refractivity contribution in [2.45, 2.75) is 39.0 Å². The molecule has 0 amide bonds. The summed E-state index contributed by atoms with van der Waals surface area (Å²) in [4.78, 5) is 0. The molecule has 0 radical (unpaired) electrons. The van der Waals surface area contributed by atoms with Gasteiger partial charge in [0, 0.05) is 0 Å². The average Bonchev–Trinajstić information content (AvgIpc) is 2.51. The zero-order chi connectivity index (χ0) is 14.7. The quantitative estimate of drug-likeness (QED) is 0.913. The molecule has 0 atom stereocenters. The van der Waals surface area contributed by atoms with Crippen molar-refractivity contribution in [3.8, 4) is 11.5 Å². The molecule has 2 aromatic carbocycles. The summed E-state index contributed by atoms with van der Waals surface area (Å²) in [6.45, 7) is 2.75. The van der Waals surface area contributed by atoms with Gasteiger partial charge in [-0.2, -0.15) is 0 Å². The van der Waals surface area contributed by atoms with E-state index in [-0.39, 0.29) is 0 Å². The van der Waals surface area contributed by atoms with Gasteiger partial charge in [-0.3, -0.25) is 0 Å². The van der Waals surface area contributed by atoms with Crippen molar-refractivity contribution < 1.29 is 4.74 Å². The fourth-order valence-corrected chi connectivity index (χ4v) is 2.98. The lowest BCUT2D eigenvalue weighted by atomic mass is 9.92. The minimum Gasteiger partial charge on any atom is -0.457 e. The van der Waals surface area contributed by atoms with Gasteiger partial charge < -0.3 is 10.5 Å². The van der Waals surface area contributed by atoms with Gasteiger partial charge in [-0.25, -0.2) is 0 Å². The van der Waals surface area contributed by atoms with E-state index >= 15 is 0 Å². The molecule has 1 aliphatic carbocycles. The third kappa shape index (κ3) is 3.27. The highest BCUT2D eigenvalue weighted by Crippen LogP contribution is 2.30. The van der Waals surface area contributed by atoms with Crippen LogP contribution in [0.5, 0.6) is 11.5 Å². The molecule has 0 unspecified atom stereocenters. The molecule has 1 aliphatic rings. The number of hydrogen-bond acceptors (Lipinski definition) is 2. The molecule has 2 aromatic rings. The number of rotatable bonds is 4. The molecule has 3 rings (SSSR count). The first-order valence-corrected chi connectivity index (χ1v) is 7.85. The van der Waals surface area contributed by atoms with Crippen molar-refractivity contribution in [1.29, 1.82) is 0 Å². The Hall–Kier alpha value is -1.80. The van der Waals surface area contributed by atoms with Crippen LogP contribution >= 0.6 is 0 Å². The summed E-state index contributed by atoms with van der Waals surface area (Å²) in [7, 11) is 0. The summed E-state index contributed by atoms with van der Waals surface area (Å²) >= 11 is 0. The van der Waals surface area contributed by atoms with Crippen LogP contribution < -0.4 is 10.5 Å². The van der Waals surface area contributed by atoms with Gasteiger partial charge in [0.15, 0.2) is 0 Å². The Bertz CT molecular complexity index is 633. The molecule has 0 aromatic heterocycles. The van der Waals surface area contributed by atoms with Crippen molar-refractivity contribution in [2.75, 3.05) is 6.54 Å². The molecule has 0 heterocycles. The molecule has 0 saturated carbocycles. The lowest BCUT2D eigenvalue weighted by Crippen LogP contribution is -2.03. The van der Waals surface area contributed by atoms with Crippen LogP contribution in [0.1, 0.15) is 35.1 Å². The van der Waals surface area contributed by atoms with Gasteiger partial charge in [0.2, 0.25) is 0 Å². The maximum Gasteiger partial charge on any atom is 0.130 e. The molecular weight excluding hydrogens is 258 g/mol. The van der Waals surface area contributed by atoms with Crippen LogP contribution in [0.25, 0.3) is 0 Å². The highest BCUT2D eigenvalue weighted by Gasteiger charge is 2.11. The van der Waals surface area contributed by atoms with E-state index in [1.807, 2.05) is 0 Å². The van der Waals surface area contributed by atoms with Crippen molar-refractivity contribution in [3.63, 3.8) is 0 Å².